The number of rotatable bonds is 5. The lowest BCUT2D eigenvalue weighted by molar-refractivity contribution is 0.111. The van der Waals surface area contributed by atoms with Crippen molar-refractivity contribution in [1.82, 2.24) is 8.96 Å². The molecule has 0 spiro atoms. The van der Waals surface area contributed by atoms with E-state index >= 15 is 0 Å². The minimum Gasteiger partial charge on any atom is -0.378 e. The number of pyridine rings is 1. The lowest BCUT2D eigenvalue weighted by Crippen LogP contribution is -2.37. The summed E-state index contributed by atoms with van der Waals surface area (Å²) in [5.74, 6) is 0. The maximum absolute atomic E-state index is 13.7. The fourth-order valence-corrected chi connectivity index (χ4v) is 5.68. The molecular formula is C26H22N4O4S. The van der Waals surface area contributed by atoms with Crippen LogP contribution in [-0.4, -0.2) is 50.0 Å². The van der Waals surface area contributed by atoms with Crippen LogP contribution in [0.2, 0.25) is 0 Å². The molecule has 3 heterocycles. The number of ether oxygens (including phenoxy) is 1. The quantitative estimate of drug-likeness (QED) is 0.395. The Hall–Kier alpha value is -4.00. The Bertz CT molecular complexity index is 1580. The second-order valence-corrected chi connectivity index (χ2v) is 10.1. The number of aldehydes is 1. The van der Waals surface area contributed by atoms with E-state index in [9.17, 15) is 18.5 Å². The van der Waals surface area contributed by atoms with Crippen LogP contribution in [0.1, 0.15) is 21.5 Å². The van der Waals surface area contributed by atoms with Crippen molar-refractivity contribution in [2.75, 3.05) is 31.2 Å². The van der Waals surface area contributed by atoms with Crippen LogP contribution in [0.5, 0.6) is 0 Å². The summed E-state index contributed by atoms with van der Waals surface area (Å²) in [5.41, 5.74) is 3.81. The number of anilines is 1. The SMILES string of the molecule is Cc1ccc(S(=O)(=O)n2cc(-c3cccc(C#N)c3)c3c(N4CCOCC4)c(C=O)cnc32)cc1. The van der Waals surface area contributed by atoms with E-state index in [1.54, 1.807) is 42.5 Å². The van der Waals surface area contributed by atoms with Crippen LogP contribution >= 0.6 is 0 Å². The van der Waals surface area contributed by atoms with E-state index in [0.717, 1.165) is 11.8 Å². The van der Waals surface area contributed by atoms with Gasteiger partial charge in [-0.05, 0) is 36.8 Å². The molecule has 0 saturated carbocycles. The van der Waals surface area contributed by atoms with Crippen molar-refractivity contribution in [3.8, 4) is 17.2 Å². The molecule has 1 saturated heterocycles. The molecule has 0 unspecified atom stereocenters. The number of carbonyl (C=O) groups excluding carboxylic acids is 1. The van der Waals surface area contributed by atoms with Crippen molar-refractivity contribution in [1.29, 1.82) is 5.26 Å². The summed E-state index contributed by atoms with van der Waals surface area (Å²) in [6.07, 6.45) is 3.68. The maximum atomic E-state index is 13.7. The molecule has 1 fully saturated rings. The van der Waals surface area contributed by atoms with Crippen molar-refractivity contribution < 1.29 is 17.9 Å². The Labute approximate surface area is 203 Å². The summed E-state index contributed by atoms with van der Waals surface area (Å²) in [4.78, 5) is 18.6. The van der Waals surface area contributed by atoms with E-state index < -0.39 is 10.0 Å². The van der Waals surface area contributed by atoms with Crippen LogP contribution in [-0.2, 0) is 14.8 Å². The Morgan fingerprint density at radius 3 is 2.54 bits per heavy atom. The number of benzene rings is 2. The number of morpholine rings is 1. The normalized spacial score (nSPS) is 14.1. The molecular weight excluding hydrogens is 464 g/mol. The molecule has 176 valence electrons. The summed E-state index contributed by atoms with van der Waals surface area (Å²) in [6.45, 7) is 3.97. The fourth-order valence-electron chi connectivity index (χ4n) is 4.36. The molecule has 0 atom stereocenters. The topological polar surface area (TPSA) is 105 Å². The number of nitriles is 1. The minimum absolute atomic E-state index is 0.131. The van der Waals surface area contributed by atoms with Crippen molar-refractivity contribution in [3.05, 3.63) is 77.6 Å². The Balaban J connectivity index is 1.86. The molecule has 9 heteroatoms. The van der Waals surface area contributed by atoms with Crippen LogP contribution in [0, 0.1) is 18.3 Å². The van der Waals surface area contributed by atoms with Gasteiger partial charge in [0.15, 0.2) is 11.9 Å². The highest BCUT2D eigenvalue weighted by Crippen LogP contribution is 2.40. The second kappa shape index (κ2) is 8.98. The van der Waals surface area contributed by atoms with Crippen molar-refractivity contribution in [3.63, 3.8) is 0 Å². The second-order valence-electron chi connectivity index (χ2n) is 8.33. The maximum Gasteiger partial charge on any atom is 0.269 e. The van der Waals surface area contributed by atoms with Gasteiger partial charge in [0.05, 0.1) is 46.4 Å². The summed E-state index contributed by atoms with van der Waals surface area (Å²) >= 11 is 0. The number of fused-ring (bicyclic) bond motifs is 1. The molecule has 4 aromatic rings. The van der Waals surface area contributed by atoms with E-state index in [1.807, 2.05) is 17.9 Å². The number of aryl methyl sites for hydroxylation is 1. The lowest BCUT2D eigenvalue weighted by Gasteiger charge is -2.30. The van der Waals surface area contributed by atoms with Gasteiger partial charge in [0.1, 0.15) is 0 Å². The largest absolute Gasteiger partial charge is 0.378 e. The van der Waals surface area contributed by atoms with Crippen molar-refractivity contribution in [2.24, 2.45) is 0 Å². The van der Waals surface area contributed by atoms with Gasteiger partial charge < -0.3 is 9.64 Å². The van der Waals surface area contributed by atoms with Gasteiger partial charge in [0, 0.05) is 31.0 Å². The average Bonchev–Trinajstić information content (AvgIpc) is 3.29. The Morgan fingerprint density at radius 2 is 1.86 bits per heavy atom. The number of nitrogens with zero attached hydrogens (tertiary/aromatic N) is 4. The molecule has 8 nitrogen and oxygen atoms in total. The molecule has 2 aromatic heterocycles. The van der Waals surface area contributed by atoms with Crippen LogP contribution in [0.3, 0.4) is 0 Å². The predicted molar refractivity (Wildman–Crippen MR) is 132 cm³/mol. The smallest absolute Gasteiger partial charge is 0.269 e. The first-order valence-electron chi connectivity index (χ1n) is 11.1. The summed E-state index contributed by atoms with van der Waals surface area (Å²) in [5, 5.41) is 9.98. The number of carbonyl (C=O) groups is 1. The van der Waals surface area contributed by atoms with Gasteiger partial charge in [-0.25, -0.2) is 17.4 Å². The lowest BCUT2D eigenvalue weighted by atomic mass is 10.0. The van der Waals surface area contributed by atoms with E-state index in [1.165, 1.54) is 16.4 Å². The number of aromatic nitrogens is 2. The molecule has 1 aliphatic heterocycles. The minimum atomic E-state index is -3.99. The molecule has 1 aliphatic rings. The number of hydrogen-bond acceptors (Lipinski definition) is 7. The summed E-state index contributed by atoms with van der Waals surface area (Å²) in [6, 6.07) is 15.7. The number of hydrogen-bond donors (Lipinski definition) is 0. The summed E-state index contributed by atoms with van der Waals surface area (Å²) in [7, 11) is -3.99. The van der Waals surface area contributed by atoms with Gasteiger partial charge >= 0.3 is 0 Å². The first-order valence-corrected chi connectivity index (χ1v) is 12.5. The standard InChI is InChI=1S/C26H22N4O4S/c1-18-5-7-22(8-6-18)35(32,33)30-16-23(20-4-2-3-19(13-20)14-27)24-25(29-9-11-34-12-10-29)21(17-31)15-28-26(24)30/h2-8,13,15-17H,9-12H2,1H3. The van der Waals surface area contributed by atoms with E-state index in [0.29, 0.717) is 59.6 Å². The van der Waals surface area contributed by atoms with Crippen LogP contribution in [0.15, 0.2) is 65.8 Å². The van der Waals surface area contributed by atoms with Gasteiger partial charge in [0.2, 0.25) is 0 Å². The first kappa shape index (κ1) is 22.8. The van der Waals surface area contributed by atoms with Crippen LogP contribution < -0.4 is 4.90 Å². The van der Waals surface area contributed by atoms with Gasteiger partial charge in [-0.1, -0.05) is 29.8 Å². The third-order valence-electron chi connectivity index (χ3n) is 6.12. The van der Waals surface area contributed by atoms with Crippen LogP contribution in [0.4, 0.5) is 5.69 Å². The molecule has 2 aromatic carbocycles. The third kappa shape index (κ3) is 3.97. The van der Waals surface area contributed by atoms with Gasteiger partial charge in [0.25, 0.3) is 10.0 Å². The molecule has 0 aliphatic carbocycles. The van der Waals surface area contributed by atoms with Crippen molar-refractivity contribution >= 4 is 33.0 Å². The van der Waals surface area contributed by atoms with Gasteiger partial charge in [-0.15, -0.1) is 0 Å². The third-order valence-corrected chi connectivity index (χ3v) is 7.78. The monoisotopic (exact) mass is 486 g/mol. The molecule has 0 amide bonds. The Morgan fingerprint density at radius 1 is 1.11 bits per heavy atom. The zero-order valence-corrected chi connectivity index (χ0v) is 19.8. The van der Waals surface area contributed by atoms with E-state index in [2.05, 4.69) is 11.1 Å². The summed E-state index contributed by atoms with van der Waals surface area (Å²) < 4.78 is 34.1. The molecule has 0 N–H and O–H groups in total. The van der Waals surface area contributed by atoms with Gasteiger partial charge in [-0.2, -0.15) is 5.26 Å². The predicted octanol–water partition coefficient (Wildman–Crippen LogP) is 3.77. The Kier molecular flexibility index (Phi) is 5.84. The highest BCUT2D eigenvalue weighted by atomic mass is 32.2. The zero-order chi connectivity index (χ0) is 24.6. The molecule has 0 radical (unpaired) electrons. The van der Waals surface area contributed by atoms with E-state index in [4.69, 9.17) is 4.74 Å². The average molecular weight is 487 g/mol. The fraction of sp³-hybridized carbons (Fsp3) is 0.192. The molecule has 0 bridgehead atoms. The first-order chi connectivity index (χ1) is 16.9. The zero-order valence-electron chi connectivity index (χ0n) is 19.0. The highest BCUT2D eigenvalue weighted by Gasteiger charge is 2.28. The van der Waals surface area contributed by atoms with Crippen molar-refractivity contribution in [2.45, 2.75) is 11.8 Å². The van der Waals surface area contributed by atoms with Gasteiger partial charge in [-0.3, -0.25) is 4.79 Å². The molecule has 5 rings (SSSR count). The van der Waals surface area contributed by atoms with E-state index in [-0.39, 0.29) is 10.5 Å². The highest BCUT2D eigenvalue weighted by molar-refractivity contribution is 7.90. The van der Waals surface area contributed by atoms with Crippen LogP contribution in [0.25, 0.3) is 22.2 Å². The molecule has 35 heavy (non-hydrogen) atoms.